The molecular weight excluding hydrogens is 225 g/mol. The summed E-state index contributed by atoms with van der Waals surface area (Å²) >= 11 is 0. The van der Waals surface area contributed by atoms with Gasteiger partial charge in [-0.2, -0.15) is 0 Å². The lowest BCUT2D eigenvalue weighted by Gasteiger charge is -2.19. The third-order valence-electron chi connectivity index (χ3n) is 2.31. The average molecular weight is 241 g/mol. The molecule has 94 valence electrons. The molecule has 4 nitrogen and oxygen atoms in total. The number of rotatable bonds is 5. The van der Waals surface area contributed by atoms with Gasteiger partial charge in [0.2, 0.25) is 0 Å². The monoisotopic (exact) mass is 241 g/mol. The Labute approximate surface area is 99.2 Å². The zero-order chi connectivity index (χ0) is 12.9. The van der Waals surface area contributed by atoms with Gasteiger partial charge in [-0.05, 0) is 13.0 Å². The van der Waals surface area contributed by atoms with Gasteiger partial charge in [0.1, 0.15) is 12.4 Å². The topological polar surface area (TPSA) is 72.5 Å². The maximum Gasteiger partial charge on any atom is 0.309 e. The molecule has 0 fully saturated rings. The number of halogens is 1. The van der Waals surface area contributed by atoms with Crippen LogP contribution in [0.25, 0.3) is 0 Å². The van der Waals surface area contributed by atoms with Crippen LogP contribution in [0.5, 0.6) is 0 Å². The number of hydrogen-bond donors (Lipinski definition) is 2. The predicted octanol–water partition coefficient (Wildman–Crippen LogP) is 0.969. The van der Waals surface area contributed by atoms with E-state index in [9.17, 15) is 14.3 Å². The van der Waals surface area contributed by atoms with E-state index in [2.05, 4.69) is 0 Å². The standard InChI is InChI=1S/C12H16FNO3/c1-12(16,8-14)6-11(15)17-7-9-4-2-3-5-10(9)13/h2-5,16H,6-8,14H2,1H3. The number of ether oxygens (including phenoxy) is 1. The number of nitrogens with two attached hydrogens (primary N) is 1. The minimum atomic E-state index is -1.29. The van der Waals surface area contributed by atoms with Gasteiger partial charge in [0, 0.05) is 12.1 Å². The van der Waals surface area contributed by atoms with E-state index < -0.39 is 17.4 Å². The molecule has 0 amide bonds. The minimum absolute atomic E-state index is 0.0399. The summed E-state index contributed by atoms with van der Waals surface area (Å²) in [6, 6.07) is 6.03. The molecule has 5 heteroatoms. The lowest BCUT2D eigenvalue weighted by Crippen LogP contribution is -2.37. The molecule has 0 saturated carbocycles. The highest BCUT2D eigenvalue weighted by atomic mass is 19.1. The van der Waals surface area contributed by atoms with Crippen molar-refractivity contribution < 1.29 is 19.0 Å². The molecule has 0 aliphatic heterocycles. The van der Waals surface area contributed by atoms with E-state index in [4.69, 9.17) is 10.5 Å². The summed E-state index contributed by atoms with van der Waals surface area (Å²) in [5.74, 6) is -1.03. The van der Waals surface area contributed by atoms with E-state index in [1.54, 1.807) is 12.1 Å². The summed E-state index contributed by atoms with van der Waals surface area (Å²) in [6.45, 7) is 1.26. The van der Waals surface area contributed by atoms with Gasteiger partial charge < -0.3 is 15.6 Å². The Balaban J connectivity index is 2.47. The van der Waals surface area contributed by atoms with Crippen molar-refractivity contribution in [1.29, 1.82) is 0 Å². The Morgan fingerprint density at radius 3 is 2.76 bits per heavy atom. The fourth-order valence-corrected chi connectivity index (χ4v) is 1.21. The number of esters is 1. The van der Waals surface area contributed by atoms with Gasteiger partial charge in [-0.15, -0.1) is 0 Å². The van der Waals surface area contributed by atoms with Gasteiger partial charge >= 0.3 is 5.97 Å². The van der Waals surface area contributed by atoms with Crippen LogP contribution < -0.4 is 5.73 Å². The van der Waals surface area contributed by atoms with Crippen molar-refractivity contribution in [3.8, 4) is 0 Å². The fourth-order valence-electron chi connectivity index (χ4n) is 1.21. The second-order valence-corrected chi connectivity index (χ2v) is 4.13. The molecular formula is C12H16FNO3. The Bertz CT molecular complexity index is 393. The molecule has 0 aliphatic carbocycles. The van der Waals surface area contributed by atoms with Crippen LogP contribution in [0.15, 0.2) is 24.3 Å². The molecule has 1 aromatic rings. The molecule has 1 atom stereocenters. The van der Waals surface area contributed by atoms with E-state index >= 15 is 0 Å². The second kappa shape index (κ2) is 5.75. The summed E-state index contributed by atoms with van der Waals surface area (Å²) < 4.78 is 18.0. The van der Waals surface area contributed by atoms with Crippen LogP contribution >= 0.6 is 0 Å². The van der Waals surface area contributed by atoms with Crippen LogP contribution in [-0.2, 0) is 16.1 Å². The summed E-state index contributed by atoms with van der Waals surface area (Å²) in [5.41, 5.74) is 4.28. The number of benzene rings is 1. The summed E-state index contributed by atoms with van der Waals surface area (Å²) in [5, 5.41) is 9.55. The molecule has 0 aromatic heterocycles. The van der Waals surface area contributed by atoms with Crippen molar-refractivity contribution >= 4 is 5.97 Å². The third kappa shape index (κ3) is 4.50. The first-order valence-electron chi connectivity index (χ1n) is 5.26. The van der Waals surface area contributed by atoms with E-state index in [0.29, 0.717) is 5.56 Å². The quantitative estimate of drug-likeness (QED) is 0.753. The van der Waals surface area contributed by atoms with Crippen LogP contribution in [0.3, 0.4) is 0 Å². The number of hydrogen-bond acceptors (Lipinski definition) is 4. The van der Waals surface area contributed by atoms with Crippen molar-refractivity contribution in [3.05, 3.63) is 35.6 Å². The maximum absolute atomic E-state index is 13.2. The first-order chi connectivity index (χ1) is 7.94. The maximum atomic E-state index is 13.2. The molecule has 0 heterocycles. The van der Waals surface area contributed by atoms with Crippen LogP contribution in [0.1, 0.15) is 18.9 Å². The SMILES string of the molecule is CC(O)(CN)CC(=O)OCc1ccccc1F. The first kappa shape index (κ1) is 13.6. The molecule has 0 aliphatic rings. The van der Waals surface area contributed by atoms with Crippen LogP contribution in [-0.4, -0.2) is 23.2 Å². The van der Waals surface area contributed by atoms with Gasteiger partial charge in [0.25, 0.3) is 0 Å². The van der Waals surface area contributed by atoms with Crippen LogP contribution in [0, 0.1) is 5.82 Å². The van der Waals surface area contributed by atoms with Crippen molar-refractivity contribution in [3.63, 3.8) is 0 Å². The summed E-state index contributed by atoms with van der Waals surface area (Å²) in [4.78, 5) is 11.3. The van der Waals surface area contributed by atoms with Gasteiger partial charge in [-0.1, -0.05) is 18.2 Å². The second-order valence-electron chi connectivity index (χ2n) is 4.13. The van der Waals surface area contributed by atoms with E-state index in [1.165, 1.54) is 19.1 Å². The molecule has 1 unspecified atom stereocenters. The van der Waals surface area contributed by atoms with Crippen LogP contribution in [0.2, 0.25) is 0 Å². The fraction of sp³-hybridized carbons (Fsp3) is 0.417. The predicted molar refractivity (Wildman–Crippen MR) is 60.5 cm³/mol. The van der Waals surface area contributed by atoms with Gasteiger partial charge in [-0.3, -0.25) is 4.79 Å². The molecule has 1 aromatic carbocycles. The van der Waals surface area contributed by atoms with Crippen molar-refractivity contribution in [2.45, 2.75) is 25.6 Å². The van der Waals surface area contributed by atoms with Crippen molar-refractivity contribution in [1.82, 2.24) is 0 Å². The highest BCUT2D eigenvalue weighted by Gasteiger charge is 2.23. The third-order valence-corrected chi connectivity index (χ3v) is 2.31. The molecule has 0 bridgehead atoms. The van der Waals surface area contributed by atoms with Crippen molar-refractivity contribution in [2.75, 3.05) is 6.54 Å². The molecule has 0 spiro atoms. The molecule has 0 saturated heterocycles. The lowest BCUT2D eigenvalue weighted by molar-refractivity contribution is -0.149. The number of carbonyl (C=O) groups is 1. The van der Waals surface area contributed by atoms with Crippen molar-refractivity contribution in [2.24, 2.45) is 5.73 Å². The Hall–Kier alpha value is -1.46. The zero-order valence-corrected chi connectivity index (χ0v) is 9.65. The number of carbonyl (C=O) groups excluding carboxylic acids is 1. The molecule has 1 rings (SSSR count). The Morgan fingerprint density at radius 1 is 1.53 bits per heavy atom. The summed E-state index contributed by atoms with van der Waals surface area (Å²) in [7, 11) is 0. The first-order valence-corrected chi connectivity index (χ1v) is 5.26. The van der Waals surface area contributed by atoms with Gasteiger partial charge in [0.05, 0.1) is 12.0 Å². The average Bonchev–Trinajstić information content (AvgIpc) is 2.27. The zero-order valence-electron chi connectivity index (χ0n) is 9.65. The molecule has 0 radical (unpaired) electrons. The Kier molecular flexibility index (Phi) is 4.60. The van der Waals surface area contributed by atoms with Crippen LogP contribution in [0.4, 0.5) is 4.39 Å². The Morgan fingerprint density at radius 2 is 2.18 bits per heavy atom. The number of aliphatic hydroxyl groups is 1. The smallest absolute Gasteiger partial charge is 0.309 e. The highest BCUT2D eigenvalue weighted by Crippen LogP contribution is 2.11. The lowest BCUT2D eigenvalue weighted by atomic mass is 10.0. The highest BCUT2D eigenvalue weighted by molar-refractivity contribution is 5.70. The van der Waals surface area contributed by atoms with Gasteiger partial charge in [-0.25, -0.2) is 4.39 Å². The minimum Gasteiger partial charge on any atom is -0.461 e. The molecule has 17 heavy (non-hydrogen) atoms. The van der Waals surface area contributed by atoms with E-state index in [-0.39, 0.29) is 19.6 Å². The van der Waals surface area contributed by atoms with E-state index in [0.717, 1.165) is 0 Å². The largest absolute Gasteiger partial charge is 0.461 e. The summed E-state index contributed by atoms with van der Waals surface area (Å²) in [6.07, 6.45) is -0.210. The van der Waals surface area contributed by atoms with E-state index in [1.807, 2.05) is 0 Å². The normalized spacial score (nSPS) is 14.1. The molecule has 3 N–H and O–H groups in total. The van der Waals surface area contributed by atoms with Gasteiger partial charge in [0.15, 0.2) is 0 Å².